The quantitative estimate of drug-likeness (QED) is 0.234. The summed E-state index contributed by atoms with van der Waals surface area (Å²) >= 11 is 17.7. The van der Waals surface area contributed by atoms with Crippen molar-refractivity contribution < 1.29 is 14.3 Å². The molecule has 0 bridgehead atoms. The van der Waals surface area contributed by atoms with Gasteiger partial charge in [0.15, 0.2) is 6.10 Å². The number of alkyl halides is 3. The van der Waals surface area contributed by atoms with Crippen LogP contribution in [-0.4, -0.2) is 28.4 Å². The lowest BCUT2D eigenvalue weighted by Gasteiger charge is -2.30. The van der Waals surface area contributed by atoms with Gasteiger partial charge in [-0.1, -0.05) is 93.6 Å². The number of halogens is 3. The Morgan fingerprint density at radius 2 is 1.72 bits per heavy atom. The number of ether oxygens (including phenoxy) is 1. The Hall–Kier alpha value is -0.390. The van der Waals surface area contributed by atoms with E-state index in [9.17, 15) is 9.59 Å². The van der Waals surface area contributed by atoms with E-state index in [0.29, 0.717) is 6.42 Å². The van der Waals surface area contributed by atoms with Gasteiger partial charge in [-0.2, -0.15) is 0 Å². The Labute approximate surface area is 166 Å². The molecule has 25 heavy (non-hydrogen) atoms. The van der Waals surface area contributed by atoms with Crippen molar-refractivity contribution in [1.29, 1.82) is 0 Å². The summed E-state index contributed by atoms with van der Waals surface area (Å²) in [5.41, 5.74) is 5.26. The third-order valence-corrected chi connectivity index (χ3v) is 4.85. The van der Waals surface area contributed by atoms with E-state index in [-0.39, 0.29) is 18.4 Å². The Kier molecular flexibility index (Phi) is 13.6. The van der Waals surface area contributed by atoms with Crippen molar-refractivity contribution in [2.75, 3.05) is 0 Å². The van der Waals surface area contributed by atoms with Crippen LogP contribution in [0, 0.1) is 5.92 Å². The lowest BCUT2D eigenvalue weighted by Crippen LogP contribution is -2.43. The minimum Gasteiger partial charge on any atom is -0.460 e. The van der Waals surface area contributed by atoms with Crippen molar-refractivity contribution >= 4 is 47.3 Å². The van der Waals surface area contributed by atoms with Gasteiger partial charge in [0.05, 0.1) is 0 Å². The van der Waals surface area contributed by atoms with E-state index in [0.717, 1.165) is 19.3 Å². The zero-order valence-corrected chi connectivity index (χ0v) is 17.4. The maximum atomic E-state index is 11.2. The molecule has 0 aliphatic rings. The Morgan fingerprint density at radius 3 is 2.20 bits per heavy atom. The highest BCUT2D eigenvalue weighted by Crippen LogP contribution is 2.37. The molecule has 8 heteroatoms. The average molecular weight is 418 g/mol. The number of primary amides is 1. The molecule has 0 aromatic heterocycles. The number of amides is 2. The number of hydrogen-bond donors (Lipinski definition) is 2. The van der Waals surface area contributed by atoms with Gasteiger partial charge in [-0.05, 0) is 18.8 Å². The maximum absolute atomic E-state index is 11.2. The highest BCUT2D eigenvalue weighted by molar-refractivity contribution is 6.68. The fraction of sp³-hybridized carbons (Fsp3) is 0.882. The monoisotopic (exact) mass is 416 g/mol. The van der Waals surface area contributed by atoms with E-state index in [1.54, 1.807) is 0 Å². The van der Waals surface area contributed by atoms with Gasteiger partial charge in [-0.15, -0.1) is 0 Å². The fourth-order valence-corrected chi connectivity index (χ4v) is 3.76. The van der Waals surface area contributed by atoms with E-state index in [4.69, 9.17) is 45.3 Å². The number of urea groups is 1. The molecule has 0 rings (SSSR count). The van der Waals surface area contributed by atoms with Gasteiger partial charge in [-0.25, -0.2) is 4.79 Å². The molecule has 2 amide bonds. The van der Waals surface area contributed by atoms with E-state index < -0.39 is 15.9 Å². The summed E-state index contributed by atoms with van der Waals surface area (Å²) in [5.74, 6) is -0.251. The van der Waals surface area contributed by atoms with Crippen LogP contribution < -0.4 is 11.1 Å². The van der Waals surface area contributed by atoms with E-state index in [1.165, 1.54) is 32.1 Å². The second kappa shape index (κ2) is 13.8. The molecule has 3 unspecified atom stereocenters. The highest BCUT2D eigenvalue weighted by Gasteiger charge is 2.39. The number of carbonyl (C=O) groups is 2. The smallest absolute Gasteiger partial charge is 0.312 e. The van der Waals surface area contributed by atoms with Gasteiger partial charge in [0, 0.05) is 6.04 Å². The standard InChI is InChI=1S/C17H31Cl3N2O3/c1-3-4-5-6-7-8-9-10-14(22-16(21)24)11-13(2)15(25-12-23)17(18,19)20/h12-15H,3-11H2,1-2H3,(H3,21,22,24). The van der Waals surface area contributed by atoms with Gasteiger partial charge in [-0.3, -0.25) is 4.79 Å². The molecule has 0 heterocycles. The number of unbranched alkanes of at least 4 members (excludes halogenated alkanes) is 6. The molecule has 0 radical (unpaired) electrons. The van der Waals surface area contributed by atoms with Crippen LogP contribution in [0.1, 0.15) is 71.6 Å². The average Bonchev–Trinajstić information content (AvgIpc) is 2.49. The van der Waals surface area contributed by atoms with Crippen molar-refractivity contribution in [2.24, 2.45) is 11.7 Å². The topological polar surface area (TPSA) is 81.4 Å². The molecule has 0 aliphatic carbocycles. The second-order valence-corrected chi connectivity index (χ2v) is 8.89. The SMILES string of the molecule is CCCCCCCCCC(CC(C)C(OC=O)C(Cl)(Cl)Cl)NC(N)=O. The van der Waals surface area contributed by atoms with Crippen LogP contribution in [-0.2, 0) is 9.53 Å². The van der Waals surface area contributed by atoms with Crippen molar-refractivity contribution in [3.63, 3.8) is 0 Å². The lowest BCUT2D eigenvalue weighted by molar-refractivity contribution is -0.135. The first-order chi connectivity index (χ1) is 11.7. The predicted molar refractivity (Wildman–Crippen MR) is 104 cm³/mol. The number of rotatable bonds is 14. The molecule has 0 aromatic rings. The van der Waals surface area contributed by atoms with Crippen LogP contribution in [0.4, 0.5) is 4.79 Å². The summed E-state index contributed by atoms with van der Waals surface area (Å²) < 4.78 is 3.21. The van der Waals surface area contributed by atoms with E-state index in [1.807, 2.05) is 6.92 Å². The first-order valence-corrected chi connectivity index (χ1v) is 10.1. The lowest BCUT2D eigenvalue weighted by atomic mass is 9.93. The summed E-state index contributed by atoms with van der Waals surface area (Å²) in [7, 11) is 0. The van der Waals surface area contributed by atoms with Gasteiger partial charge in [0.1, 0.15) is 0 Å². The van der Waals surface area contributed by atoms with E-state index >= 15 is 0 Å². The number of nitrogens with two attached hydrogens (primary N) is 1. The summed E-state index contributed by atoms with van der Waals surface area (Å²) in [6.07, 6.45) is 8.69. The second-order valence-electron chi connectivity index (χ2n) is 6.52. The molecule has 0 spiro atoms. The maximum Gasteiger partial charge on any atom is 0.312 e. The van der Waals surface area contributed by atoms with Gasteiger partial charge in [0.2, 0.25) is 3.79 Å². The fourth-order valence-electron chi connectivity index (χ4n) is 2.96. The zero-order valence-electron chi connectivity index (χ0n) is 15.1. The molecule has 0 saturated heterocycles. The molecule has 0 aromatic carbocycles. The van der Waals surface area contributed by atoms with Crippen LogP contribution in [0.15, 0.2) is 0 Å². The van der Waals surface area contributed by atoms with Crippen LogP contribution >= 0.6 is 34.8 Å². The Bertz CT molecular complexity index is 379. The molecule has 0 saturated carbocycles. The van der Waals surface area contributed by atoms with Crippen molar-refractivity contribution in [3.05, 3.63) is 0 Å². The van der Waals surface area contributed by atoms with Gasteiger partial charge < -0.3 is 15.8 Å². The Morgan fingerprint density at radius 1 is 1.16 bits per heavy atom. The van der Waals surface area contributed by atoms with E-state index in [2.05, 4.69) is 12.2 Å². The molecule has 148 valence electrons. The molecular formula is C17H31Cl3N2O3. The number of nitrogens with one attached hydrogen (secondary N) is 1. The first kappa shape index (κ1) is 24.6. The zero-order chi connectivity index (χ0) is 19.3. The Balaban J connectivity index is 4.45. The summed E-state index contributed by atoms with van der Waals surface area (Å²) in [6, 6.07) is -0.727. The largest absolute Gasteiger partial charge is 0.460 e. The van der Waals surface area contributed by atoms with Gasteiger partial charge in [0.25, 0.3) is 6.47 Å². The van der Waals surface area contributed by atoms with Crippen LogP contribution in [0.3, 0.4) is 0 Å². The molecule has 3 atom stereocenters. The normalized spacial score (nSPS) is 15.2. The minimum absolute atomic E-state index is 0.145. The molecule has 0 aliphatic heterocycles. The first-order valence-electron chi connectivity index (χ1n) is 8.94. The van der Waals surface area contributed by atoms with Crippen LogP contribution in [0.5, 0.6) is 0 Å². The molecule has 3 N–H and O–H groups in total. The molecule has 0 fully saturated rings. The van der Waals surface area contributed by atoms with Crippen molar-refractivity contribution in [1.82, 2.24) is 5.32 Å². The van der Waals surface area contributed by atoms with Gasteiger partial charge >= 0.3 is 6.03 Å². The predicted octanol–water partition coefficient (Wildman–Crippen LogP) is 5.10. The van der Waals surface area contributed by atoms with Crippen molar-refractivity contribution in [3.8, 4) is 0 Å². The number of hydrogen-bond acceptors (Lipinski definition) is 3. The van der Waals surface area contributed by atoms with Crippen molar-refractivity contribution in [2.45, 2.75) is 87.6 Å². The molecular weight excluding hydrogens is 387 g/mol. The summed E-state index contributed by atoms with van der Waals surface area (Å²) in [5, 5.41) is 2.74. The van der Waals surface area contributed by atoms with Crippen LogP contribution in [0.2, 0.25) is 0 Å². The molecule has 5 nitrogen and oxygen atoms in total. The van der Waals surface area contributed by atoms with Crippen LogP contribution in [0.25, 0.3) is 0 Å². The summed E-state index contributed by atoms with van der Waals surface area (Å²) in [4.78, 5) is 21.9. The third-order valence-electron chi connectivity index (χ3n) is 4.20. The highest BCUT2D eigenvalue weighted by atomic mass is 35.6. The minimum atomic E-state index is -1.73. The third kappa shape index (κ3) is 12.6. The summed E-state index contributed by atoms with van der Waals surface area (Å²) in [6.45, 7) is 4.28. The number of carbonyl (C=O) groups excluding carboxylic acids is 2.